The van der Waals surface area contributed by atoms with Gasteiger partial charge >= 0.3 is 0 Å². The molecule has 0 radical (unpaired) electrons. The topological polar surface area (TPSA) is 50.4 Å². The van der Waals surface area contributed by atoms with Gasteiger partial charge in [-0.05, 0) is 30.4 Å². The van der Waals surface area contributed by atoms with E-state index in [9.17, 15) is 4.79 Å². The summed E-state index contributed by atoms with van der Waals surface area (Å²) < 4.78 is 4.88. The highest BCUT2D eigenvalue weighted by Gasteiger charge is 2.31. The summed E-state index contributed by atoms with van der Waals surface area (Å²) in [7, 11) is 1.62. The molecule has 1 aromatic carbocycles. The molecule has 110 valence electrons. The second kappa shape index (κ2) is 7.62. The average molecular weight is 297 g/mol. The van der Waals surface area contributed by atoms with E-state index >= 15 is 0 Å². The van der Waals surface area contributed by atoms with Gasteiger partial charge in [-0.15, -0.1) is 0 Å². The standard InChI is InChI=1S/C15H21ClN2O2/c1-20-7-6-17-15(19)10-18-12-8-11(9-12)13-4-2-3-5-14(13)16/h2-5,11-12,18H,6-10H2,1H3,(H,17,19). The van der Waals surface area contributed by atoms with Crippen LogP contribution in [0.25, 0.3) is 0 Å². The Morgan fingerprint density at radius 3 is 2.85 bits per heavy atom. The van der Waals surface area contributed by atoms with Crippen LogP contribution in [0.2, 0.25) is 5.02 Å². The molecule has 1 aliphatic carbocycles. The fourth-order valence-corrected chi connectivity index (χ4v) is 2.73. The van der Waals surface area contributed by atoms with E-state index in [0.717, 1.165) is 17.9 Å². The summed E-state index contributed by atoms with van der Waals surface area (Å²) in [5.74, 6) is 0.529. The Hall–Kier alpha value is -1.10. The minimum Gasteiger partial charge on any atom is -0.383 e. The molecule has 0 spiro atoms. The van der Waals surface area contributed by atoms with Crippen LogP contribution in [0.4, 0.5) is 0 Å². The van der Waals surface area contributed by atoms with Crippen molar-refractivity contribution in [1.29, 1.82) is 0 Å². The van der Waals surface area contributed by atoms with Crippen LogP contribution < -0.4 is 10.6 Å². The van der Waals surface area contributed by atoms with Crippen molar-refractivity contribution < 1.29 is 9.53 Å². The largest absolute Gasteiger partial charge is 0.383 e. The van der Waals surface area contributed by atoms with Gasteiger partial charge in [0.25, 0.3) is 0 Å². The predicted molar refractivity (Wildman–Crippen MR) is 80.1 cm³/mol. The molecule has 0 bridgehead atoms. The van der Waals surface area contributed by atoms with Crippen LogP contribution in [0.5, 0.6) is 0 Å². The lowest BCUT2D eigenvalue weighted by atomic mass is 9.76. The number of rotatable bonds is 7. The van der Waals surface area contributed by atoms with Crippen molar-refractivity contribution in [2.45, 2.75) is 24.8 Å². The van der Waals surface area contributed by atoms with Crippen molar-refractivity contribution in [3.05, 3.63) is 34.9 Å². The van der Waals surface area contributed by atoms with Gasteiger partial charge in [-0.1, -0.05) is 29.8 Å². The highest BCUT2D eigenvalue weighted by molar-refractivity contribution is 6.31. The lowest BCUT2D eigenvalue weighted by Gasteiger charge is -2.36. The highest BCUT2D eigenvalue weighted by atomic mass is 35.5. The minimum atomic E-state index is 0.0169. The maximum Gasteiger partial charge on any atom is 0.234 e. The Kier molecular flexibility index (Phi) is 5.83. The molecule has 4 nitrogen and oxygen atoms in total. The molecule has 1 aromatic rings. The molecule has 5 heteroatoms. The third kappa shape index (κ3) is 4.20. The average Bonchev–Trinajstić information content (AvgIpc) is 2.39. The number of benzene rings is 1. The molecule has 0 aliphatic heterocycles. The lowest BCUT2D eigenvalue weighted by Crippen LogP contribution is -2.45. The van der Waals surface area contributed by atoms with E-state index in [2.05, 4.69) is 16.7 Å². The molecular weight excluding hydrogens is 276 g/mol. The van der Waals surface area contributed by atoms with Crippen LogP contribution in [0.15, 0.2) is 24.3 Å². The molecule has 0 atom stereocenters. The van der Waals surface area contributed by atoms with Crippen LogP contribution >= 0.6 is 11.6 Å². The maximum absolute atomic E-state index is 11.5. The summed E-state index contributed by atoms with van der Waals surface area (Å²) >= 11 is 6.18. The Labute approximate surface area is 124 Å². The van der Waals surface area contributed by atoms with Crippen LogP contribution in [0, 0.1) is 0 Å². The number of carbonyl (C=O) groups is 1. The highest BCUT2D eigenvalue weighted by Crippen LogP contribution is 2.39. The van der Waals surface area contributed by atoms with E-state index in [1.807, 2.05) is 18.2 Å². The van der Waals surface area contributed by atoms with Crippen molar-refractivity contribution in [2.75, 3.05) is 26.8 Å². The number of halogens is 1. The van der Waals surface area contributed by atoms with Gasteiger partial charge in [0.05, 0.1) is 13.2 Å². The molecule has 0 aromatic heterocycles. The normalized spacial score (nSPS) is 21.3. The molecule has 1 saturated carbocycles. The van der Waals surface area contributed by atoms with Crippen LogP contribution in [0.1, 0.15) is 24.3 Å². The van der Waals surface area contributed by atoms with E-state index in [0.29, 0.717) is 31.7 Å². The van der Waals surface area contributed by atoms with Crippen molar-refractivity contribution in [1.82, 2.24) is 10.6 Å². The van der Waals surface area contributed by atoms with Gasteiger partial charge in [0.2, 0.25) is 5.91 Å². The number of amides is 1. The number of ether oxygens (including phenoxy) is 1. The van der Waals surface area contributed by atoms with Gasteiger partial charge in [-0.25, -0.2) is 0 Å². The van der Waals surface area contributed by atoms with Crippen molar-refractivity contribution in [3.63, 3.8) is 0 Å². The molecular formula is C15H21ClN2O2. The SMILES string of the molecule is COCCNC(=O)CNC1CC(c2ccccc2Cl)C1. The smallest absolute Gasteiger partial charge is 0.234 e. The number of methoxy groups -OCH3 is 1. The lowest BCUT2D eigenvalue weighted by molar-refractivity contribution is -0.120. The van der Waals surface area contributed by atoms with Gasteiger partial charge < -0.3 is 15.4 Å². The van der Waals surface area contributed by atoms with Crippen LogP contribution in [-0.2, 0) is 9.53 Å². The molecule has 0 heterocycles. The monoisotopic (exact) mass is 296 g/mol. The first kappa shape index (κ1) is 15.3. The Bertz CT molecular complexity index is 447. The molecule has 0 saturated heterocycles. The molecule has 1 aliphatic rings. The Balaban J connectivity index is 1.65. The summed E-state index contributed by atoms with van der Waals surface area (Å²) in [6, 6.07) is 8.39. The van der Waals surface area contributed by atoms with Gasteiger partial charge in [-0.3, -0.25) is 4.79 Å². The summed E-state index contributed by atoms with van der Waals surface area (Å²) in [6.45, 7) is 1.47. The minimum absolute atomic E-state index is 0.0169. The zero-order valence-corrected chi connectivity index (χ0v) is 12.5. The van der Waals surface area contributed by atoms with Crippen LogP contribution in [-0.4, -0.2) is 38.8 Å². The first-order chi connectivity index (χ1) is 9.70. The fraction of sp³-hybridized carbons (Fsp3) is 0.533. The number of carbonyl (C=O) groups excluding carboxylic acids is 1. The van der Waals surface area contributed by atoms with Gasteiger partial charge in [0.1, 0.15) is 0 Å². The third-order valence-corrected chi connectivity index (χ3v) is 4.01. The first-order valence-electron chi connectivity index (χ1n) is 6.94. The quantitative estimate of drug-likeness (QED) is 0.756. The van der Waals surface area contributed by atoms with Gasteiger partial charge in [-0.2, -0.15) is 0 Å². The Morgan fingerprint density at radius 1 is 1.40 bits per heavy atom. The summed E-state index contributed by atoms with van der Waals surface area (Å²) in [5, 5.41) is 6.90. The summed E-state index contributed by atoms with van der Waals surface area (Å²) in [6.07, 6.45) is 2.07. The Morgan fingerprint density at radius 2 is 2.15 bits per heavy atom. The van der Waals surface area contributed by atoms with E-state index in [1.165, 1.54) is 5.56 Å². The zero-order valence-electron chi connectivity index (χ0n) is 11.7. The fourth-order valence-electron chi connectivity index (χ4n) is 2.44. The second-order valence-electron chi connectivity index (χ2n) is 5.11. The molecule has 1 amide bonds. The molecule has 0 unspecified atom stereocenters. The number of nitrogens with one attached hydrogen (secondary N) is 2. The molecule has 1 fully saturated rings. The number of hydrogen-bond donors (Lipinski definition) is 2. The van der Waals surface area contributed by atoms with E-state index in [-0.39, 0.29) is 5.91 Å². The van der Waals surface area contributed by atoms with Crippen molar-refractivity contribution in [2.24, 2.45) is 0 Å². The van der Waals surface area contributed by atoms with Gasteiger partial charge in [0, 0.05) is 24.7 Å². The number of hydrogen-bond acceptors (Lipinski definition) is 3. The third-order valence-electron chi connectivity index (χ3n) is 3.66. The van der Waals surface area contributed by atoms with E-state index in [4.69, 9.17) is 16.3 Å². The molecule has 2 N–H and O–H groups in total. The van der Waals surface area contributed by atoms with E-state index in [1.54, 1.807) is 7.11 Å². The van der Waals surface area contributed by atoms with Gasteiger partial charge in [0.15, 0.2) is 0 Å². The molecule has 2 rings (SSSR count). The predicted octanol–water partition coefficient (Wildman–Crippen LogP) is 1.94. The summed E-state index contributed by atoms with van der Waals surface area (Å²) in [5.41, 5.74) is 1.22. The first-order valence-corrected chi connectivity index (χ1v) is 7.32. The second-order valence-corrected chi connectivity index (χ2v) is 5.52. The zero-order chi connectivity index (χ0) is 14.4. The summed E-state index contributed by atoms with van der Waals surface area (Å²) in [4.78, 5) is 11.5. The van der Waals surface area contributed by atoms with Crippen molar-refractivity contribution in [3.8, 4) is 0 Å². The molecule has 20 heavy (non-hydrogen) atoms. The maximum atomic E-state index is 11.5. The van der Waals surface area contributed by atoms with Crippen molar-refractivity contribution >= 4 is 17.5 Å². The van der Waals surface area contributed by atoms with E-state index < -0.39 is 0 Å². The van der Waals surface area contributed by atoms with Crippen LogP contribution in [0.3, 0.4) is 0 Å².